The zero-order valence-electron chi connectivity index (χ0n) is 10.4. The Labute approximate surface area is 111 Å². The van der Waals surface area contributed by atoms with E-state index in [1.54, 1.807) is 11.8 Å². The summed E-state index contributed by atoms with van der Waals surface area (Å²) in [6.45, 7) is 2.77. The molecule has 1 amide bonds. The predicted octanol–water partition coefficient (Wildman–Crippen LogP) is 2.51. The second-order valence-corrected chi connectivity index (χ2v) is 6.03. The van der Waals surface area contributed by atoms with Crippen molar-refractivity contribution in [1.82, 2.24) is 4.90 Å². The number of rotatable bonds is 3. The number of hydrogen-bond donors (Lipinski definition) is 0. The van der Waals surface area contributed by atoms with Crippen LogP contribution in [0, 0.1) is 0 Å². The summed E-state index contributed by atoms with van der Waals surface area (Å²) in [5.41, 5.74) is 0. The number of amides is 1. The van der Waals surface area contributed by atoms with Gasteiger partial charge in [0.1, 0.15) is 6.23 Å². The van der Waals surface area contributed by atoms with E-state index in [2.05, 4.69) is 19.1 Å². The molecule has 0 N–H and O–H groups in total. The van der Waals surface area contributed by atoms with E-state index in [9.17, 15) is 4.79 Å². The van der Waals surface area contributed by atoms with Crippen LogP contribution in [0.4, 0.5) is 0 Å². The summed E-state index contributed by atoms with van der Waals surface area (Å²) in [5.74, 6) is 0.248. The number of hydrogen-bond acceptors (Lipinski definition) is 3. The van der Waals surface area contributed by atoms with Crippen LogP contribution >= 0.6 is 11.8 Å². The first-order chi connectivity index (χ1) is 8.79. The Kier molecular flexibility index (Phi) is 3.31. The van der Waals surface area contributed by atoms with E-state index in [-0.39, 0.29) is 17.4 Å². The normalized spacial score (nSPS) is 30.8. The molecule has 0 bridgehead atoms. The molecule has 3 atom stereocenters. The molecule has 2 aliphatic heterocycles. The minimum atomic E-state index is 0.00359. The number of fused-ring (bicyclic) bond motifs is 1. The number of carbonyl (C=O) groups excluding carboxylic acids is 1. The van der Waals surface area contributed by atoms with Crippen LogP contribution in [0.25, 0.3) is 0 Å². The maximum atomic E-state index is 12.4. The highest BCUT2D eigenvalue weighted by molar-refractivity contribution is 8.00. The van der Waals surface area contributed by atoms with E-state index in [4.69, 9.17) is 4.74 Å². The number of benzene rings is 1. The van der Waals surface area contributed by atoms with Crippen LogP contribution in [0.1, 0.15) is 19.8 Å². The lowest BCUT2D eigenvalue weighted by molar-refractivity contribution is -0.133. The first-order valence-electron chi connectivity index (χ1n) is 6.45. The Balaban J connectivity index is 1.72. The molecule has 1 unspecified atom stereocenters. The van der Waals surface area contributed by atoms with Gasteiger partial charge in [0.2, 0.25) is 5.91 Å². The summed E-state index contributed by atoms with van der Waals surface area (Å²) in [4.78, 5) is 15.5. The summed E-state index contributed by atoms with van der Waals surface area (Å²) in [7, 11) is 0. The average molecular weight is 263 g/mol. The number of nitrogens with zero attached hydrogens (tertiary/aromatic N) is 1. The zero-order valence-corrected chi connectivity index (χ0v) is 11.2. The monoisotopic (exact) mass is 263 g/mol. The molecule has 2 heterocycles. The van der Waals surface area contributed by atoms with E-state index in [1.165, 1.54) is 4.90 Å². The van der Waals surface area contributed by atoms with Gasteiger partial charge in [0.15, 0.2) is 0 Å². The van der Waals surface area contributed by atoms with Crippen molar-refractivity contribution in [1.29, 1.82) is 0 Å². The molecule has 0 aliphatic carbocycles. The van der Waals surface area contributed by atoms with Crippen LogP contribution in [0.3, 0.4) is 0 Å². The molecule has 2 fully saturated rings. The van der Waals surface area contributed by atoms with Gasteiger partial charge in [-0.2, -0.15) is 0 Å². The standard InChI is InChI=1S/C14H17NO2S/c1-2-13-15-10(9-17-13)8-12(14(15)16)18-11-6-4-3-5-7-11/h3-7,10,12-13H,2,8-9H2,1H3/t10-,12?,13+/m0/s1. The van der Waals surface area contributed by atoms with Crippen molar-refractivity contribution in [2.45, 2.75) is 42.2 Å². The summed E-state index contributed by atoms with van der Waals surface area (Å²) >= 11 is 1.68. The molecular weight excluding hydrogens is 246 g/mol. The Morgan fingerprint density at radius 3 is 2.89 bits per heavy atom. The fourth-order valence-corrected chi connectivity index (χ4v) is 3.90. The quantitative estimate of drug-likeness (QED) is 0.839. The Morgan fingerprint density at radius 1 is 1.39 bits per heavy atom. The molecule has 2 saturated heterocycles. The number of ether oxygens (including phenoxy) is 1. The SMILES string of the molecule is CC[C@H]1OC[C@@H]2CC(Sc3ccccc3)C(=O)N21. The predicted molar refractivity (Wildman–Crippen MR) is 71.4 cm³/mol. The lowest BCUT2D eigenvalue weighted by atomic mass is 10.2. The topological polar surface area (TPSA) is 29.5 Å². The van der Waals surface area contributed by atoms with E-state index in [1.807, 2.05) is 23.1 Å². The van der Waals surface area contributed by atoms with E-state index in [0.29, 0.717) is 12.6 Å². The molecule has 96 valence electrons. The third kappa shape index (κ3) is 2.04. The van der Waals surface area contributed by atoms with Crippen LogP contribution in [0.2, 0.25) is 0 Å². The Hall–Kier alpha value is -1.00. The van der Waals surface area contributed by atoms with E-state index >= 15 is 0 Å². The minimum absolute atomic E-state index is 0.00359. The lowest BCUT2D eigenvalue weighted by Crippen LogP contribution is -2.37. The van der Waals surface area contributed by atoms with Gasteiger partial charge in [-0.15, -0.1) is 11.8 Å². The molecule has 1 aromatic carbocycles. The van der Waals surface area contributed by atoms with Crippen molar-refractivity contribution in [2.75, 3.05) is 6.61 Å². The molecule has 18 heavy (non-hydrogen) atoms. The van der Waals surface area contributed by atoms with Gasteiger partial charge in [0, 0.05) is 4.90 Å². The molecule has 0 radical (unpaired) electrons. The average Bonchev–Trinajstić information content (AvgIpc) is 2.93. The smallest absolute Gasteiger partial charge is 0.238 e. The van der Waals surface area contributed by atoms with E-state index in [0.717, 1.165) is 12.8 Å². The highest BCUT2D eigenvalue weighted by atomic mass is 32.2. The first-order valence-corrected chi connectivity index (χ1v) is 7.33. The molecular formula is C14H17NO2S. The first kappa shape index (κ1) is 12.1. The van der Waals surface area contributed by atoms with Gasteiger partial charge in [-0.05, 0) is 25.0 Å². The Bertz CT molecular complexity index is 437. The second-order valence-electron chi connectivity index (χ2n) is 4.75. The Morgan fingerprint density at radius 2 is 2.17 bits per heavy atom. The van der Waals surface area contributed by atoms with Crippen LogP contribution in [0.15, 0.2) is 35.2 Å². The van der Waals surface area contributed by atoms with Crippen molar-refractivity contribution in [2.24, 2.45) is 0 Å². The molecule has 0 aromatic heterocycles. The van der Waals surface area contributed by atoms with Gasteiger partial charge >= 0.3 is 0 Å². The molecule has 0 spiro atoms. The summed E-state index contributed by atoms with van der Waals surface area (Å²) in [5, 5.41) is 0.0651. The zero-order chi connectivity index (χ0) is 12.5. The third-order valence-corrected chi connectivity index (χ3v) is 4.79. The largest absolute Gasteiger partial charge is 0.356 e. The van der Waals surface area contributed by atoms with Crippen molar-refractivity contribution in [3.05, 3.63) is 30.3 Å². The molecule has 1 aromatic rings. The molecule has 4 heteroatoms. The number of thioether (sulfide) groups is 1. The highest BCUT2D eigenvalue weighted by Crippen LogP contribution is 2.38. The second kappa shape index (κ2) is 4.94. The van der Waals surface area contributed by atoms with Crippen molar-refractivity contribution >= 4 is 17.7 Å². The van der Waals surface area contributed by atoms with Crippen LogP contribution in [-0.4, -0.2) is 34.9 Å². The van der Waals surface area contributed by atoms with Crippen molar-refractivity contribution < 1.29 is 9.53 Å². The highest BCUT2D eigenvalue weighted by Gasteiger charge is 2.47. The van der Waals surface area contributed by atoms with E-state index < -0.39 is 0 Å². The lowest BCUT2D eigenvalue weighted by Gasteiger charge is -2.21. The van der Waals surface area contributed by atoms with Gasteiger partial charge < -0.3 is 9.64 Å². The maximum Gasteiger partial charge on any atom is 0.238 e. The summed E-state index contributed by atoms with van der Waals surface area (Å²) in [6.07, 6.45) is 1.80. The fraction of sp³-hybridized carbons (Fsp3) is 0.500. The van der Waals surface area contributed by atoms with Gasteiger partial charge in [-0.25, -0.2) is 0 Å². The molecule has 3 rings (SSSR count). The van der Waals surface area contributed by atoms with Crippen LogP contribution in [-0.2, 0) is 9.53 Å². The van der Waals surface area contributed by atoms with Gasteiger partial charge in [0.05, 0.1) is 17.9 Å². The summed E-state index contributed by atoms with van der Waals surface area (Å²) < 4.78 is 5.63. The van der Waals surface area contributed by atoms with Crippen molar-refractivity contribution in [3.63, 3.8) is 0 Å². The molecule has 2 aliphatic rings. The van der Waals surface area contributed by atoms with Crippen LogP contribution < -0.4 is 0 Å². The van der Waals surface area contributed by atoms with Gasteiger partial charge in [-0.1, -0.05) is 25.1 Å². The third-order valence-electron chi connectivity index (χ3n) is 3.57. The molecule has 0 saturated carbocycles. The maximum absolute atomic E-state index is 12.4. The van der Waals surface area contributed by atoms with Gasteiger partial charge in [-0.3, -0.25) is 4.79 Å². The molecule has 3 nitrogen and oxygen atoms in total. The van der Waals surface area contributed by atoms with Gasteiger partial charge in [0.25, 0.3) is 0 Å². The minimum Gasteiger partial charge on any atom is -0.356 e. The number of carbonyl (C=O) groups is 1. The van der Waals surface area contributed by atoms with Crippen molar-refractivity contribution in [3.8, 4) is 0 Å². The fourth-order valence-electron chi connectivity index (χ4n) is 2.71. The van der Waals surface area contributed by atoms with Crippen LogP contribution in [0.5, 0.6) is 0 Å². The summed E-state index contributed by atoms with van der Waals surface area (Å²) in [6, 6.07) is 10.5.